The van der Waals surface area contributed by atoms with Crippen LogP contribution in [-0.2, 0) is 0 Å². The molecule has 0 radical (unpaired) electrons. The number of rotatable bonds is 2. The van der Waals surface area contributed by atoms with Crippen molar-refractivity contribution in [3.8, 4) is 0 Å². The molecule has 1 aromatic rings. The maximum Gasteiger partial charge on any atom is 0.0643 e. The molecule has 0 spiro atoms. The molecule has 12 heavy (non-hydrogen) atoms. The van der Waals surface area contributed by atoms with Crippen molar-refractivity contribution in [3.63, 3.8) is 0 Å². The molecule has 0 amide bonds. The third kappa shape index (κ3) is 1.89. The zero-order valence-electron chi connectivity index (χ0n) is 7.99. The van der Waals surface area contributed by atoms with Crippen LogP contribution in [0.4, 0.5) is 0 Å². The Morgan fingerprint density at radius 1 is 1.25 bits per heavy atom. The SMILES string of the molecule is CC(C)(C)[C@@H](CO)n1cccc1. The summed E-state index contributed by atoms with van der Waals surface area (Å²) >= 11 is 0. The molecular weight excluding hydrogens is 150 g/mol. The number of hydrogen-bond donors (Lipinski definition) is 1. The maximum absolute atomic E-state index is 9.21. The molecular formula is C10H17NO. The van der Waals surface area contributed by atoms with Crippen LogP contribution < -0.4 is 0 Å². The van der Waals surface area contributed by atoms with Gasteiger partial charge in [0.05, 0.1) is 12.6 Å². The highest BCUT2D eigenvalue weighted by Crippen LogP contribution is 2.29. The molecule has 0 aliphatic heterocycles. The molecule has 1 aromatic heterocycles. The van der Waals surface area contributed by atoms with E-state index in [1.807, 2.05) is 24.5 Å². The van der Waals surface area contributed by atoms with E-state index in [9.17, 15) is 5.11 Å². The molecule has 0 aromatic carbocycles. The Labute approximate surface area is 73.8 Å². The first-order chi connectivity index (χ1) is 5.55. The summed E-state index contributed by atoms with van der Waals surface area (Å²) in [6.07, 6.45) is 3.98. The standard InChI is InChI=1S/C10H17NO/c1-10(2,3)9(8-12)11-6-4-5-7-11/h4-7,9,12H,8H2,1-3H3/t9-/m1/s1. The van der Waals surface area contributed by atoms with Crippen LogP contribution in [0.2, 0.25) is 0 Å². The van der Waals surface area contributed by atoms with E-state index in [-0.39, 0.29) is 18.1 Å². The van der Waals surface area contributed by atoms with E-state index < -0.39 is 0 Å². The molecule has 2 nitrogen and oxygen atoms in total. The minimum absolute atomic E-state index is 0.105. The van der Waals surface area contributed by atoms with Gasteiger partial charge in [-0.3, -0.25) is 0 Å². The fourth-order valence-corrected chi connectivity index (χ4v) is 1.37. The van der Waals surface area contributed by atoms with Gasteiger partial charge < -0.3 is 9.67 Å². The van der Waals surface area contributed by atoms with Crippen LogP contribution in [0.25, 0.3) is 0 Å². The first-order valence-electron chi connectivity index (χ1n) is 4.29. The third-order valence-electron chi connectivity index (χ3n) is 2.16. The molecule has 1 atom stereocenters. The number of nitrogens with zero attached hydrogens (tertiary/aromatic N) is 1. The minimum Gasteiger partial charge on any atom is -0.394 e. The fraction of sp³-hybridized carbons (Fsp3) is 0.600. The molecule has 0 aliphatic carbocycles. The van der Waals surface area contributed by atoms with Crippen LogP contribution >= 0.6 is 0 Å². The van der Waals surface area contributed by atoms with Gasteiger partial charge in [-0.05, 0) is 17.5 Å². The molecule has 2 heteroatoms. The highest BCUT2D eigenvalue weighted by molar-refractivity contribution is 4.95. The van der Waals surface area contributed by atoms with Crippen molar-refractivity contribution in [2.45, 2.75) is 26.8 Å². The van der Waals surface area contributed by atoms with Crippen LogP contribution in [0.5, 0.6) is 0 Å². The number of aromatic nitrogens is 1. The first-order valence-corrected chi connectivity index (χ1v) is 4.29. The molecule has 0 saturated carbocycles. The molecule has 0 unspecified atom stereocenters. The quantitative estimate of drug-likeness (QED) is 0.716. The zero-order chi connectivity index (χ0) is 9.19. The van der Waals surface area contributed by atoms with Crippen molar-refractivity contribution >= 4 is 0 Å². The van der Waals surface area contributed by atoms with Crippen molar-refractivity contribution in [3.05, 3.63) is 24.5 Å². The van der Waals surface area contributed by atoms with E-state index in [0.717, 1.165) is 0 Å². The Hall–Kier alpha value is -0.760. The molecule has 1 heterocycles. The molecule has 0 aliphatic rings. The maximum atomic E-state index is 9.21. The second kappa shape index (κ2) is 3.31. The van der Waals surface area contributed by atoms with E-state index in [4.69, 9.17) is 0 Å². The van der Waals surface area contributed by atoms with E-state index in [2.05, 4.69) is 25.3 Å². The van der Waals surface area contributed by atoms with Crippen molar-refractivity contribution in [1.29, 1.82) is 0 Å². The van der Waals surface area contributed by atoms with E-state index in [1.165, 1.54) is 0 Å². The zero-order valence-corrected chi connectivity index (χ0v) is 7.99. The number of aliphatic hydroxyl groups excluding tert-OH is 1. The van der Waals surface area contributed by atoms with Gasteiger partial charge in [0.15, 0.2) is 0 Å². The molecule has 0 saturated heterocycles. The summed E-state index contributed by atoms with van der Waals surface area (Å²) in [5.74, 6) is 0. The highest BCUT2D eigenvalue weighted by atomic mass is 16.3. The van der Waals surface area contributed by atoms with Gasteiger partial charge in [0.1, 0.15) is 0 Å². The second-order valence-electron chi connectivity index (χ2n) is 4.19. The summed E-state index contributed by atoms with van der Waals surface area (Å²) in [6, 6.07) is 4.13. The van der Waals surface area contributed by atoms with Gasteiger partial charge in [-0.2, -0.15) is 0 Å². The molecule has 0 bridgehead atoms. The summed E-state index contributed by atoms with van der Waals surface area (Å²) in [5, 5.41) is 9.21. The van der Waals surface area contributed by atoms with Crippen LogP contribution in [0.1, 0.15) is 26.8 Å². The minimum atomic E-state index is 0.105. The van der Waals surface area contributed by atoms with Crippen molar-refractivity contribution in [2.24, 2.45) is 5.41 Å². The lowest BCUT2D eigenvalue weighted by atomic mass is 9.87. The Bertz CT molecular complexity index is 220. The van der Waals surface area contributed by atoms with Gasteiger partial charge in [0.25, 0.3) is 0 Å². The largest absolute Gasteiger partial charge is 0.394 e. The Balaban J connectivity index is 2.84. The normalized spacial score (nSPS) is 14.7. The van der Waals surface area contributed by atoms with Crippen LogP contribution in [0.15, 0.2) is 24.5 Å². The topological polar surface area (TPSA) is 25.2 Å². The predicted molar refractivity (Wildman–Crippen MR) is 50.0 cm³/mol. The monoisotopic (exact) mass is 167 g/mol. The Kier molecular flexibility index (Phi) is 2.58. The van der Waals surface area contributed by atoms with E-state index in [1.54, 1.807) is 0 Å². The van der Waals surface area contributed by atoms with Gasteiger partial charge in [-0.15, -0.1) is 0 Å². The summed E-state index contributed by atoms with van der Waals surface area (Å²) in [4.78, 5) is 0. The molecule has 0 fully saturated rings. The van der Waals surface area contributed by atoms with Gasteiger partial charge in [-0.25, -0.2) is 0 Å². The van der Waals surface area contributed by atoms with Gasteiger partial charge in [0, 0.05) is 12.4 Å². The van der Waals surface area contributed by atoms with Crippen molar-refractivity contribution in [1.82, 2.24) is 4.57 Å². The molecule has 1 rings (SSSR count). The van der Waals surface area contributed by atoms with Gasteiger partial charge in [-0.1, -0.05) is 20.8 Å². The highest BCUT2D eigenvalue weighted by Gasteiger charge is 2.24. The lowest BCUT2D eigenvalue weighted by Gasteiger charge is -2.30. The van der Waals surface area contributed by atoms with Crippen LogP contribution in [0.3, 0.4) is 0 Å². The summed E-state index contributed by atoms with van der Waals surface area (Å²) in [6.45, 7) is 6.59. The second-order valence-corrected chi connectivity index (χ2v) is 4.19. The Morgan fingerprint density at radius 3 is 2.08 bits per heavy atom. The van der Waals surface area contributed by atoms with Crippen LogP contribution in [0, 0.1) is 5.41 Å². The summed E-state index contributed by atoms with van der Waals surface area (Å²) < 4.78 is 2.06. The molecule has 1 N–H and O–H groups in total. The third-order valence-corrected chi connectivity index (χ3v) is 2.16. The van der Waals surface area contributed by atoms with E-state index in [0.29, 0.717) is 0 Å². The fourth-order valence-electron chi connectivity index (χ4n) is 1.37. The van der Waals surface area contributed by atoms with Crippen LogP contribution in [-0.4, -0.2) is 16.3 Å². The smallest absolute Gasteiger partial charge is 0.0643 e. The first kappa shape index (κ1) is 9.33. The van der Waals surface area contributed by atoms with Crippen molar-refractivity contribution in [2.75, 3.05) is 6.61 Å². The molecule has 68 valence electrons. The van der Waals surface area contributed by atoms with Crippen molar-refractivity contribution < 1.29 is 5.11 Å². The lowest BCUT2D eigenvalue weighted by molar-refractivity contribution is 0.137. The average Bonchev–Trinajstić information content (AvgIpc) is 2.38. The average molecular weight is 167 g/mol. The van der Waals surface area contributed by atoms with E-state index >= 15 is 0 Å². The number of hydrogen-bond acceptors (Lipinski definition) is 1. The summed E-state index contributed by atoms with van der Waals surface area (Å²) in [7, 11) is 0. The Morgan fingerprint density at radius 2 is 1.75 bits per heavy atom. The lowest BCUT2D eigenvalue weighted by Crippen LogP contribution is -2.26. The number of aliphatic hydroxyl groups is 1. The summed E-state index contributed by atoms with van der Waals surface area (Å²) in [5.41, 5.74) is 0.105. The van der Waals surface area contributed by atoms with Gasteiger partial charge in [0.2, 0.25) is 0 Å². The van der Waals surface area contributed by atoms with Gasteiger partial charge >= 0.3 is 0 Å². The predicted octanol–water partition coefficient (Wildman–Crippen LogP) is 2.07.